The van der Waals surface area contributed by atoms with Crippen LogP contribution in [0, 0.1) is 23.7 Å². The van der Waals surface area contributed by atoms with Gasteiger partial charge < -0.3 is 24.8 Å². The zero-order chi connectivity index (χ0) is 24.8. The van der Waals surface area contributed by atoms with Crippen LogP contribution in [0.3, 0.4) is 0 Å². The number of ether oxygens (including phenoxy) is 2. The zero-order valence-corrected chi connectivity index (χ0v) is 21.3. The van der Waals surface area contributed by atoms with Crippen molar-refractivity contribution in [3.63, 3.8) is 0 Å². The lowest BCUT2D eigenvalue weighted by Crippen LogP contribution is -2.60. The summed E-state index contributed by atoms with van der Waals surface area (Å²) in [6.07, 6.45) is 6.46. The first-order valence-electron chi connectivity index (χ1n) is 13.3. The van der Waals surface area contributed by atoms with Gasteiger partial charge in [0.2, 0.25) is 11.8 Å². The highest BCUT2D eigenvalue weighted by Gasteiger charge is 2.80. The lowest BCUT2D eigenvalue weighted by atomic mass is 9.62. The minimum Gasteiger partial charge on any atom is -0.466 e. The van der Waals surface area contributed by atoms with Crippen LogP contribution in [0.25, 0.3) is 0 Å². The highest BCUT2D eigenvalue weighted by molar-refractivity contribution is 5.98. The van der Waals surface area contributed by atoms with Crippen molar-refractivity contribution in [3.8, 4) is 0 Å². The van der Waals surface area contributed by atoms with Crippen LogP contribution in [-0.2, 0) is 23.9 Å². The first kappa shape index (κ1) is 25.4. The van der Waals surface area contributed by atoms with Crippen LogP contribution < -0.4 is 5.32 Å². The number of likely N-dealkylation sites (tertiary alicyclic amines) is 1. The summed E-state index contributed by atoms with van der Waals surface area (Å²) in [5.41, 5.74) is -1.96. The molecule has 0 aromatic carbocycles. The number of hydrogen-bond donors (Lipinski definition) is 2. The molecule has 8 nitrogen and oxygen atoms in total. The monoisotopic (exact) mass is 478 g/mol. The number of fused-ring (bicyclic) bond motifs is 1. The molecule has 8 atom stereocenters. The standard InChI is InChI=1S/C26H42N2O6/c1-6-15(3)18(14-29)28-21(22(30)27-17-11-9-8-10-12-17)26-13-16(4)25(5,34-26)20(19(26)23(28)31)24(32)33-7-2/h15-21,29H,6-14H2,1-5H3,(H,27,30)/t15-,16?,18-,19-,20+,21?,25-,26?/m0/s1. The Balaban J connectivity index is 1.78. The summed E-state index contributed by atoms with van der Waals surface area (Å²) in [7, 11) is 0. The maximum Gasteiger partial charge on any atom is 0.312 e. The van der Waals surface area contributed by atoms with Gasteiger partial charge >= 0.3 is 5.97 Å². The molecule has 1 saturated carbocycles. The van der Waals surface area contributed by atoms with E-state index in [1.807, 2.05) is 27.7 Å². The predicted molar refractivity (Wildman–Crippen MR) is 126 cm³/mol. The van der Waals surface area contributed by atoms with Gasteiger partial charge in [-0.1, -0.05) is 46.5 Å². The number of esters is 1. The van der Waals surface area contributed by atoms with Crippen LogP contribution in [0.4, 0.5) is 0 Å². The fourth-order valence-electron chi connectivity index (χ4n) is 7.27. The molecule has 3 saturated heterocycles. The molecule has 3 heterocycles. The molecule has 1 aliphatic carbocycles. The number of carbonyl (C=O) groups is 3. The Morgan fingerprint density at radius 1 is 1.26 bits per heavy atom. The van der Waals surface area contributed by atoms with E-state index in [2.05, 4.69) is 5.32 Å². The Morgan fingerprint density at radius 2 is 1.94 bits per heavy atom. The first-order chi connectivity index (χ1) is 16.2. The quantitative estimate of drug-likeness (QED) is 0.519. The summed E-state index contributed by atoms with van der Waals surface area (Å²) in [4.78, 5) is 42.8. The molecule has 0 aromatic heterocycles. The number of carbonyl (C=O) groups excluding carboxylic acids is 3. The van der Waals surface area contributed by atoms with Crippen LogP contribution in [0.1, 0.15) is 79.6 Å². The fraction of sp³-hybridized carbons (Fsp3) is 0.885. The summed E-state index contributed by atoms with van der Waals surface area (Å²) in [5.74, 6) is -2.51. The van der Waals surface area contributed by atoms with Gasteiger partial charge in [-0.2, -0.15) is 0 Å². The van der Waals surface area contributed by atoms with E-state index < -0.39 is 41.1 Å². The second-order valence-electron chi connectivity index (χ2n) is 11.2. The topological polar surface area (TPSA) is 105 Å². The molecule has 2 bridgehead atoms. The summed E-state index contributed by atoms with van der Waals surface area (Å²) in [6, 6.07) is -1.31. The molecule has 192 valence electrons. The molecule has 4 aliphatic rings. The van der Waals surface area contributed by atoms with E-state index in [1.54, 1.807) is 11.8 Å². The van der Waals surface area contributed by atoms with Gasteiger partial charge in [0, 0.05) is 6.04 Å². The van der Waals surface area contributed by atoms with Crippen LogP contribution in [0.5, 0.6) is 0 Å². The molecule has 4 rings (SSSR count). The molecule has 2 N–H and O–H groups in total. The number of amides is 2. The third kappa shape index (κ3) is 3.67. The van der Waals surface area contributed by atoms with Crippen molar-refractivity contribution >= 4 is 17.8 Å². The van der Waals surface area contributed by atoms with Crippen molar-refractivity contribution in [3.05, 3.63) is 0 Å². The lowest BCUT2D eigenvalue weighted by molar-refractivity contribution is -0.162. The summed E-state index contributed by atoms with van der Waals surface area (Å²) in [6.45, 7) is 9.64. The van der Waals surface area contributed by atoms with Crippen LogP contribution in [-0.4, -0.2) is 70.3 Å². The molecule has 2 amide bonds. The second kappa shape index (κ2) is 9.41. The Labute approximate surface area is 203 Å². The van der Waals surface area contributed by atoms with Crippen LogP contribution >= 0.6 is 0 Å². The van der Waals surface area contributed by atoms with Crippen molar-refractivity contribution in [1.29, 1.82) is 0 Å². The van der Waals surface area contributed by atoms with E-state index in [0.29, 0.717) is 6.42 Å². The molecule has 1 spiro atoms. The van der Waals surface area contributed by atoms with E-state index in [1.165, 1.54) is 6.42 Å². The molecule has 34 heavy (non-hydrogen) atoms. The number of hydrogen-bond acceptors (Lipinski definition) is 6. The van der Waals surface area contributed by atoms with Crippen LogP contribution in [0.15, 0.2) is 0 Å². The zero-order valence-electron chi connectivity index (χ0n) is 21.3. The molecule has 0 aromatic rings. The Kier molecular flexibility index (Phi) is 7.04. The van der Waals surface area contributed by atoms with E-state index in [9.17, 15) is 19.5 Å². The van der Waals surface area contributed by atoms with Crippen molar-refractivity contribution in [1.82, 2.24) is 10.2 Å². The first-order valence-corrected chi connectivity index (χ1v) is 13.3. The van der Waals surface area contributed by atoms with Gasteiger partial charge in [-0.05, 0) is 44.9 Å². The molecule has 3 unspecified atom stereocenters. The molecular weight excluding hydrogens is 436 g/mol. The number of rotatable bonds is 8. The minimum atomic E-state index is -1.09. The average molecular weight is 479 g/mol. The largest absolute Gasteiger partial charge is 0.466 e. The Morgan fingerprint density at radius 3 is 2.53 bits per heavy atom. The molecule has 8 heteroatoms. The molecule has 4 fully saturated rings. The number of aliphatic hydroxyl groups is 1. The molecule has 0 radical (unpaired) electrons. The van der Waals surface area contributed by atoms with Gasteiger partial charge in [0.1, 0.15) is 17.6 Å². The number of aliphatic hydroxyl groups excluding tert-OH is 1. The smallest absolute Gasteiger partial charge is 0.312 e. The molecule has 3 aliphatic heterocycles. The van der Waals surface area contributed by atoms with Crippen molar-refractivity contribution in [2.45, 2.75) is 109 Å². The van der Waals surface area contributed by atoms with Gasteiger partial charge in [-0.15, -0.1) is 0 Å². The van der Waals surface area contributed by atoms with Gasteiger partial charge in [-0.25, -0.2) is 0 Å². The average Bonchev–Trinajstić information content (AvgIpc) is 3.32. The van der Waals surface area contributed by atoms with Crippen molar-refractivity contribution < 1.29 is 29.0 Å². The second-order valence-corrected chi connectivity index (χ2v) is 11.2. The SMILES string of the molecule is CCOC(=O)[C@H]1[C@H]2C(=O)N([C@@H](CO)[C@@H](C)CC)C(C(=O)NC3CCCCC3)C23CC(C)[C@]1(C)O3. The highest BCUT2D eigenvalue weighted by Crippen LogP contribution is 2.65. The lowest BCUT2D eigenvalue weighted by Gasteiger charge is -2.40. The minimum absolute atomic E-state index is 0.0135. The van der Waals surface area contributed by atoms with Gasteiger partial charge in [0.15, 0.2) is 0 Å². The fourth-order valence-corrected chi connectivity index (χ4v) is 7.27. The normalized spacial score (nSPS) is 39.1. The maximum atomic E-state index is 14.1. The number of nitrogens with one attached hydrogen (secondary N) is 1. The maximum absolute atomic E-state index is 14.1. The molecular formula is C26H42N2O6. The van der Waals surface area contributed by atoms with E-state index in [-0.39, 0.29) is 42.9 Å². The van der Waals surface area contributed by atoms with E-state index >= 15 is 0 Å². The summed E-state index contributed by atoms with van der Waals surface area (Å²) < 4.78 is 12.1. The van der Waals surface area contributed by atoms with E-state index in [0.717, 1.165) is 32.1 Å². The number of nitrogens with zero attached hydrogens (tertiary/aromatic N) is 1. The predicted octanol–water partition coefficient (Wildman–Crippen LogP) is 2.42. The Hall–Kier alpha value is -1.67. The van der Waals surface area contributed by atoms with Crippen LogP contribution in [0.2, 0.25) is 0 Å². The summed E-state index contributed by atoms with van der Waals surface area (Å²) >= 11 is 0. The van der Waals surface area contributed by atoms with E-state index in [4.69, 9.17) is 9.47 Å². The summed E-state index contributed by atoms with van der Waals surface area (Å²) in [5, 5.41) is 13.6. The Bertz CT molecular complexity index is 813. The highest BCUT2D eigenvalue weighted by atomic mass is 16.6. The van der Waals surface area contributed by atoms with Gasteiger partial charge in [-0.3, -0.25) is 14.4 Å². The van der Waals surface area contributed by atoms with Gasteiger partial charge in [0.05, 0.1) is 30.8 Å². The van der Waals surface area contributed by atoms with Crippen molar-refractivity contribution in [2.75, 3.05) is 13.2 Å². The third-order valence-electron chi connectivity index (χ3n) is 9.34. The van der Waals surface area contributed by atoms with Gasteiger partial charge in [0.25, 0.3) is 0 Å². The third-order valence-corrected chi connectivity index (χ3v) is 9.34. The van der Waals surface area contributed by atoms with Crippen molar-refractivity contribution in [2.24, 2.45) is 23.7 Å².